The zero-order valence-electron chi connectivity index (χ0n) is 11.4. The van der Waals surface area contributed by atoms with Gasteiger partial charge in [-0.25, -0.2) is 9.97 Å². The fraction of sp³-hybridized carbons (Fsp3) is 0.308. The van der Waals surface area contributed by atoms with Gasteiger partial charge in [0.2, 0.25) is 0 Å². The predicted octanol–water partition coefficient (Wildman–Crippen LogP) is 1.57. The number of aromatic nitrogens is 3. The highest BCUT2D eigenvalue weighted by molar-refractivity contribution is 7.99. The molecule has 1 unspecified atom stereocenters. The highest BCUT2D eigenvalue weighted by Gasteiger charge is 2.07. The van der Waals surface area contributed by atoms with Gasteiger partial charge < -0.3 is 16.0 Å². The number of nitrogens with two attached hydrogens (primary N) is 1. The molecule has 0 aromatic carbocycles. The van der Waals surface area contributed by atoms with Crippen molar-refractivity contribution in [1.29, 1.82) is 0 Å². The van der Waals surface area contributed by atoms with Crippen molar-refractivity contribution in [1.82, 2.24) is 20.3 Å². The van der Waals surface area contributed by atoms with Crippen LogP contribution >= 0.6 is 11.8 Å². The fourth-order valence-electron chi connectivity index (χ4n) is 1.77. The Morgan fingerprint density at radius 2 is 2.30 bits per heavy atom. The van der Waals surface area contributed by atoms with Crippen LogP contribution in [0.3, 0.4) is 0 Å². The molecule has 2 heterocycles. The van der Waals surface area contributed by atoms with Gasteiger partial charge in [-0.15, -0.1) is 0 Å². The normalized spacial score (nSPS) is 12.3. The van der Waals surface area contributed by atoms with Crippen LogP contribution in [-0.4, -0.2) is 21.5 Å². The summed E-state index contributed by atoms with van der Waals surface area (Å²) in [7, 11) is 0. The minimum Gasteiger partial charge on any atom is -0.383 e. The number of hydrogen-bond donors (Lipinski definition) is 3. The van der Waals surface area contributed by atoms with Gasteiger partial charge >= 0.3 is 0 Å². The Bertz CT molecular complexity index is 643. The molecule has 2 aromatic rings. The number of nitrogens with zero attached hydrogens (tertiary/aromatic N) is 2. The summed E-state index contributed by atoms with van der Waals surface area (Å²) < 4.78 is 0. The fourth-order valence-corrected chi connectivity index (χ4v) is 2.58. The minimum absolute atomic E-state index is 0.202. The van der Waals surface area contributed by atoms with Crippen molar-refractivity contribution in [3.05, 3.63) is 40.3 Å². The van der Waals surface area contributed by atoms with Crippen LogP contribution in [0.15, 0.2) is 39.4 Å². The van der Waals surface area contributed by atoms with Gasteiger partial charge in [-0.2, -0.15) is 0 Å². The highest BCUT2D eigenvalue weighted by atomic mass is 32.2. The van der Waals surface area contributed by atoms with Gasteiger partial charge in [-0.3, -0.25) is 4.79 Å². The van der Waals surface area contributed by atoms with E-state index in [0.29, 0.717) is 5.16 Å². The SMILES string of the molecule is CCNC(C)c1ccnc(Sc2nc(N)cc(=O)[nH]2)c1. The quantitative estimate of drug-likeness (QED) is 0.724. The van der Waals surface area contributed by atoms with Gasteiger partial charge in [-0.05, 0) is 42.9 Å². The first-order chi connectivity index (χ1) is 9.58. The number of anilines is 1. The average molecular weight is 291 g/mol. The second-order valence-electron chi connectivity index (χ2n) is 4.28. The topological polar surface area (TPSA) is 96.7 Å². The summed E-state index contributed by atoms with van der Waals surface area (Å²) in [5.74, 6) is 0.202. The van der Waals surface area contributed by atoms with Crippen molar-refractivity contribution < 1.29 is 0 Å². The molecular weight excluding hydrogens is 274 g/mol. The van der Waals surface area contributed by atoms with Crippen molar-refractivity contribution in [3.8, 4) is 0 Å². The summed E-state index contributed by atoms with van der Waals surface area (Å²) >= 11 is 1.28. The largest absolute Gasteiger partial charge is 0.383 e. The molecule has 20 heavy (non-hydrogen) atoms. The Morgan fingerprint density at radius 1 is 1.50 bits per heavy atom. The minimum atomic E-state index is -0.267. The van der Waals surface area contributed by atoms with Gasteiger partial charge in [0.25, 0.3) is 5.56 Å². The van der Waals surface area contributed by atoms with E-state index >= 15 is 0 Å². The molecule has 0 aliphatic heterocycles. The van der Waals surface area contributed by atoms with E-state index in [9.17, 15) is 4.79 Å². The van der Waals surface area contributed by atoms with Crippen LogP contribution in [0.1, 0.15) is 25.5 Å². The molecule has 0 aliphatic rings. The molecule has 0 saturated carbocycles. The third-order valence-corrected chi connectivity index (χ3v) is 3.53. The zero-order chi connectivity index (χ0) is 14.5. The summed E-state index contributed by atoms with van der Waals surface area (Å²) in [6.07, 6.45) is 1.75. The first-order valence-electron chi connectivity index (χ1n) is 6.32. The number of hydrogen-bond acceptors (Lipinski definition) is 6. The molecule has 0 amide bonds. The molecule has 6 nitrogen and oxygen atoms in total. The van der Waals surface area contributed by atoms with Gasteiger partial charge in [0.15, 0.2) is 5.16 Å². The van der Waals surface area contributed by atoms with E-state index in [1.807, 2.05) is 12.1 Å². The van der Waals surface area contributed by atoms with Crippen LogP contribution in [-0.2, 0) is 0 Å². The Morgan fingerprint density at radius 3 is 3.00 bits per heavy atom. The molecule has 2 aromatic heterocycles. The third kappa shape index (κ3) is 3.82. The summed E-state index contributed by atoms with van der Waals surface area (Å²) in [6.45, 7) is 5.05. The van der Waals surface area contributed by atoms with Crippen LogP contribution in [0.25, 0.3) is 0 Å². The van der Waals surface area contributed by atoms with Crippen molar-refractivity contribution in [2.75, 3.05) is 12.3 Å². The van der Waals surface area contributed by atoms with Crippen LogP contribution < -0.4 is 16.6 Å². The average Bonchev–Trinajstić information content (AvgIpc) is 2.38. The molecule has 4 N–H and O–H groups in total. The molecule has 0 fully saturated rings. The lowest BCUT2D eigenvalue weighted by Crippen LogP contribution is -2.17. The Labute approximate surface area is 121 Å². The van der Waals surface area contributed by atoms with E-state index in [1.54, 1.807) is 6.20 Å². The van der Waals surface area contributed by atoms with Crippen molar-refractivity contribution in [2.45, 2.75) is 30.1 Å². The van der Waals surface area contributed by atoms with Gasteiger partial charge in [0, 0.05) is 18.3 Å². The second-order valence-corrected chi connectivity index (χ2v) is 5.29. The van der Waals surface area contributed by atoms with Gasteiger partial charge in [0.1, 0.15) is 10.8 Å². The Hall–Kier alpha value is -1.86. The van der Waals surface area contributed by atoms with Crippen LogP contribution in [0.4, 0.5) is 5.82 Å². The van der Waals surface area contributed by atoms with Crippen molar-refractivity contribution in [3.63, 3.8) is 0 Å². The van der Waals surface area contributed by atoms with E-state index in [2.05, 4.69) is 34.1 Å². The Kier molecular flexibility index (Phi) is 4.75. The molecule has 0 aliphatic carbocycles. The zero-order valence-corrected chi connectivity index (χ0v) is 12.2. The van der Waals surface area contributed by atoms with Gasteiger partial charge in [0.05, 0.1) is 0 Å². The second kappa shape index (κ2) is 6.53. The van der Waals surface area contributed by atoms with Gasteiger partial charge in [-0.1, -0.05) is 6.92 Å². The van der Waals surface area contributed by atoms with Crippen LogP contribution in [0.5, 0.6) is 0 Å². The maximum Gasteiger partial charge on any atom is 0.253 e. The summed E-state index contributed by atoms with van der Waals surface area (Å²) in [5, 5.41) is 4.55. The third-order valence-electron chi connectivity index (χ3n) is 2.71. The lowest BCUT2D eigenvalue weighted by atomic mass is 10.1. The standard InChI is InChI=1S/C13H17N5OS/c1-3-15-8(2)9-4-5-16-12(6-9)20-13-17-10(14)7-11(19)18-13/h4-8,15H,3H2,1-2H3,(H3,14,17,18,19). The number of pyridine rings is 1. The monoisotopic (exact) mass is 291 g/mol. The molecule has 1 atom stereocenters. The molecule has 7 heteroatoms. The smallest absolute Gasteiger partial charge is 0.253 e. The highest BCUT2D eigenvalue weighted by Crippen LogP contribution is 2.24. The first kappa shape index (κ1) is 14.5. The van der Waals surface area contributed by atoms with Crippen LogP contribution in [0.2, 0.25) is 0 Å². The van der Waals surface area contributed by atoms with E-state index in [4.69, 9.17) is 5.73 Å². The van der Waals surface area contributed by atoms with Crippen molar-refractivity contribution >= 4 is 17.6 Å². The molecular formula is C13H17N5OS. The molecule has 2 rings (SSSR count). The number of nitrogens with one attached hydrogen (secondary N) is 2. The lowest BCUT2D eigenvalue weighted by Gasteiger charge is -2.13. The molecule has 106 valence electrons. The number of rotatable bonds is 5. The Balaban J connectivity index is 2.21. The maximum atomic E-state index is 11.3. The number of H-pyrrole nitrogens is 1. The van der Waals surface area contributed by atoms with E-state index < -0.39 is 0 Å². The first-order valence-corrected chi connectivity index (χ1v) is 7.14. The molecule has 0 bridgehead atoms. The molecule has 0 spiro atoms. The van der Waals surface area contributed by atoms with E-state index in [1.165, 1.54) is 17.8 Å². The summed E-state index contributed by atoms with van der Waals surface area (Å²) in [6, 6.07) is 5.44. The number of aromatic amines is 1. The van der Waals surface area contributed by atoms with Crippen LogP contribution in [0, 0.1) is 0 Å². The van der Waals surface area contributed by atoms with E-state index in [0.717, 1.165) is 17.1 Å². The summed E-state index contributed by atoms with van der Waals surface area (Å²) in [5.41, 5.74) is 6.42. The predicted molar refractivity (Wildman–Crippen MR) is 79.7 cm³/mol. The maximum absolute atomic E-state index is 11.3. The molecule has 0 radical (unpaired) electrons. The lowest BCUT2D eigenvalue weighted by molar-refractivity contribution is 0.596. The number of nitrogen functional groups attached to an aromatic ring is 1. The summed E-state index contributed by atoms with van der Waals surface area (Å²) in [4.78, 5) is 22.3. The molecule has 0 saturated heterocycles. The van der Waals surface area contributed by atoms with E-state index in [-0.39, 0.29) is 17.4 Å². The van der Waals surface area contributed by atoms with Crippen molar-refractivity contribution in [2.24, 2.45) is 0 Å².